The summed E-state index contributed by atoms with van der Waals surface area (Å²) in [6, 6.07) is 10.7. The number of hydrogen-bond donors (Lipinski definition) is 0. The Morgan fingerprint density at radius 2 is 2.00 bits per heavy atom. The monoisotopic (exact) mass is 201 g/mol. The summed E-state index contributed by atoms with van der Waals surface area (Å²) in [5.41, 5.74) is 2.99. The van der Waals surface area contributed by atoms with Crippen LogP contribution in [0.15, 0.2) is 42.1 Å². The molecule has 0 fully saturated rings. The van der Waals surface area contributed by atoms with Crippen molar-refractivity contribution in [1.82, 2.24) is 4.90 Å². The van der Waals surface area contributed by atoms with Crippen LogP contribution in [-0.2, 0) is 6.54 Å². The van der Waals surface area contributed by atoms with Gasteiger partial charge >= 0.3 is 0 Å². The minimum absolute atomic E-state index is 0.735. The summed E-state index contributed by atoms with van der Waals surface area (Å²) in [5.74, 6) is 0.735. The Balaban J connectivity index is 2.01. The highest BCUT2D eigenvalue weighted by Gasteiger charge is 2.18. The van der Waals surface area contributed by atoms with Gasteiger partial charge in [-0.3, -0.25) is 0 Å². The van der Waals surface area contributed by atoms with E-state index in [1.165, 1.54) is 18.5 Å². The largest absolute Gasteiger partial charge is 0.373 e. The lowest BCUT2D eigenvalue weighted by molar-refractivity contribution is 0.369. The van der Waals surface area contributed by atoms with Crippen molar-refractivity contribution in [2.75, 3.05) is 6.54 Å². The molecule has 1 atom stereocenters. The molecule has 0 saturated heterocycles. The van der Waals surface area contributed by atoms with Crippen LogP contribution < -0.4 is 0 Å². The van der Waals surface area contributed by atoms with Crippen molar-refractivity contribution in [2.45, 2.75) is 26.8 Å². The van der Waals surface area contributed by atoms with Crippen molar-refractivity contribution in [2.24, 2.45) is 5.92 Å². The third-order valence-corrected chi connectivity index (χ3v) is 3.13. The second kappa shape index (κ2) is 4.52. The summed E-state index contributed by atoms with van der Waals surface area (Å²) in [4.78, 5) is 2.43. The fraction of sp³-hybridized carbons (Fsp3) is 0.429. The van der Waals surface area contributed by atoms with Gasteiger partial charge in [0, 0.05) is 13.1 Å². The zero-order valence-electron chi connectivity index (χ0n) is 9.61. The molecule has 0 amide bonds. The van der Waals surface area contributed by atoms with Crippen LogP contribution >= 0.6 is 0 Å². The second-order valence-corrected chi connectivity index (χ2v) is 4.37. The van der Waals surface area contributed by atoms with Gasteiger partial charge in [-0.05, 0) is 24.1 Å². The Hall–Kier alpha value is -1.24. The van der Waals surface area contributed by atoms with Gasteiger partial charge in [0.15, 0.2) is 0 Å². The van der Waals surface area contributed by atoms with Crippen LogP contribution in [-0.4, -0.2) is 11.4 Å². The zero-order chi connectivity index (χ0) is 10.7. The lowest BCUT2D eigenvalue weighted by Crippen LogP contribution is -2.16. The maximum Gasteiger partial charge on any atom is 0.0424 e. The van der Waals surface area contributed by atoms with Crippen molar-refractivity contribution in [3.8, 4) is 0 Å². The number of benzene rings is 1. The van der Waals surface area contributed by atoms with Crippen LogP contribution in [0.2, 0.25) is 0 Å². The van der Waals surface area contributed by atoms with Gasteiger partial charge in [0.2, 0.25) is 0 Å². The van der Waals surface area contributed by atoms with E-state index >= 15 is 0 Å². The Morgan fingerprint density at radius 3 is 2.60 bits per heavy atom. The molecule has 1 unspecified atom stereocenters. The highest BCUT2D eigenvalue weighted by atomic mass is 15.1. The molecule has 0 aromatic heterocycles. The molecule has 0 aliphatic carbocycles. The fourth-order valence-electron chi connectivity index (χ4n) is 2.25. The molecule has 0 saturated carbocycles. The van der Waals surface area contributed by atoms with Crippen LogP contribution in [0.1, 0.15) is 25.8 Å². The van der Waals surface area contributed by atoms with Crippen molar-refractivity contribution in [3.63, 3.8) is 0 Å². The summed E-state index contributed by atoms with van der Waals surface area (Å²) in [7, 11) is 0. The van der Waals surface area contributed by atoms with E-state index in [9.17, 15) is 0 Å². The molecule has 1 heterocycles. The average molecular weight is 201 g/mol. The van der Waals surface area contributed by atoms with Crippen molar-refractivity contribution in [1.29, 1.82) is 0 Å². The van der Waals surface area contributed by atoms with Crippen molar-refractivity contribution < 1.29 is 0 Å². The minimum atomic E-state index is 0.735. The molecule has 80 valence electrons. The average Bonchev–Trinajstić information content (AvgIpc) is 2.60. The van der Waals surface area contributed by atoms with Crippen molar-refractivity contribution >= 4 is 0 Å². The molecule has 0 spiro atoms. The van der Waals surface area contributed by atoms with Crippen molar-refractivity contribution in [3.05, 3.63) is 47.7 Å². The van der Waals surface area contributed by atoms with Crippen LogP contribution in [0.25, 0.3) is 0 Å². The second-order valence-electron chi connectivity index (χ2n) is 4.37. The van der Waals surface area contributed by atoms with E-state index in [0.29, 0.717) is 0 Å². The van der Waals surface area contributed by atoms with Gasteiger partial charge in [-0.25, -0.2) is 0 Å². The highest BCUT2D eigenvalue weighted by molar-refractivity contribution is 5.18. The first-order valence-electron chi connectivity index (χ1n) is 5.78. The molecule has 1 aliphatic heterocycles. The van der Waals surface area contributed by atoms with E-state index in [0.717, 1.165) is 12.5 Å². The molecular formula is C14H19N. The van der Waals surface area contributed by atoms with Crippen LogP contribution in [0.5, 0.6) is 0 Å². The normalized spacial score (nSPS) is 20.5. The van der Waals surface area contributed by atoms with Crippen LogP contribution in [0.4, 0.5) is 0 Å². The molecule has 15 heavy (non-hydrogen) atoms. The maximum absolute atomic E-state index is 2.43. The van der Waals surface area contributed by atoms with E-state index in [4.69, 9.17) is 0 Å². The molecule has 1 nitrogen and oxygen atoms in total. The first-order chi connectivity index (χ1) is 7.29. The van der Waals surface area contributed by atoms with Gasteiger partial charge in [0.25, 0.3) is 0 Å². The lowest BCUT2D eigenvalue weighted by Gasteiger charge is -2.16. The smallest absolute Gasteiger partial charge is 0.0424 e. The lowest BCUT2D eigenvalue weighted by atomic mass is 10.0. The molecule has 1 aliphatic rings. The van der Waals surface area contributed by atoms with E-state index in [1.807, 2.05) is 0 Å². The third-order valence-electron chi connectivity index (χ3n) is 3.13. The Kier molecular flexibility index (Phi) is 3.10. The molecule has 1 heteroatoms. The van der Waals surface area contributed by atoms with Gasteiger partial charge in [-0.2, -0.15) is 0 Å². The molecule has 1 aromatic carbocycles. The summed E-state index contributed by atoms with van der Waals surface area (Å²) in [6.07, 6.45) is 3.53. The molecule has 0 N–H and O–H groups in total. The summed E-state index contributed by atoms with van der Waals surface area (Å²) < 4.78 is 0. The topological polar surface area (TPSA) is 3.24 Å². The van der Waals surface area contributed by atoms with Gasteiger partial charge in [0.05, 0.1) is 0 Å². The maximum atomic E-state index is 2.43. The Bertz CT molecular complexity index is 340. The number of nitrogens with zero attached hydrogens (tertiary/aromatic N) is 1. The van der Waals surface area contributed by atoms with Crippen LogP contribution in [0, 0.1) is 5.92 Å². The number of hydrogen-bond acceptors (Lipinski definition) is 1. The van der Waals surface area contributed by atoms with Gasteiger partial charge < -0.3 is 4.90 Å². The van der Waals surface area contributed by atoms with Gasteiger partial charge in [-0.1, -0.05) is 49.8 Å². The quantitative estimate of drug-likeness (QED) is 0.724. The standard InChI is InChI=1S/C14H19N/c1-3-14-11-15(9-12(14)2)10-13-7-5-4-6-8-13/h4-8,11-12H,3,9-10H2,1-2H3. The minimum Gasteiger partial charge on any atom is -0.373 e. The Morgan fingerprint density at radius 1 is 1.27 bits per heavy atom. The predicted octanol–water partition coefficient (Wildman–Crippen LogP) is 3.43. The molecule has 2 rings (SSSR count). The molecule has 0 radical (unpaired) electrons. The van der Waals surface area contributed by atoms with Gasteiger partial charge in [-0.15, -0.1) is 0 Å². The number of rotatable bonds is 3. The first kappa shape index (κ1) is 10.3. The third kappa shape index (κ3) is 2.41. The van der Waals surface area contributed by atoms with E-state index in [-0.39, 0.29) is 0 Å². The molecule has 1 aromatic rings. The SMILES string of the molecule is CCC1=CN(Cc2ccccc2)CC1C. The summed E-state index contributed by atoms with van der Waals surface area (Å²) in [6.45, 7) is 6.79. The van der Waals surface area contributed by atoms with E-state index in [1.54, 1.807) is 5.57 Å². The summed E-state index contributed by atoms with van der Waals surface area (Å²) in [5, 5.41) is 0. The molecular weight excluding hydrogens is 182 g/mol. The van der Waals surface area contributed by atoms with E-state index < -0.39 is 0 Å². The zero-order valence-corrected chi connectivity index (χ0v) is 9.61. The van der Waals surface area contributed by atoms with Gasteiger partial charge in [0.1, 0.15) is 0 Å². The highest BCUT2D eigenvalue weighted by Crippen LogP contribution is 2.24. The van der Waals surface area contributed by atoms with E-state index in [2.05, 4.69) is 55.3 Å². The summed E-state index contributed by atoms with van der Waals surface area (Å²) >= 11 is 0. The predicted molar refractivity (Wildman–Crippen MR) is 64.4 cm³/mol. The Labute approximate surface area is 92.4 Å². The first-order valence-corrected chi connectivity index (χ1v) is 5.78. The fourth-order valence-corrected chi connectivity index (χ4v) is 2.25. The molecule has 0 bridgehead atoms. The van der Waals surface area contributed by atoms with Crippen LogP contribution in [0.3, 0.4) is 0 Å².